The molecule has 24 heavy (non-hydrogen) atoms. The average molecular weight is 338 g/mol. The number of hydrogen-bond donors (Lipinski definition) is 3. The molecule has 2 atom stereocenters. The largest absolute Gasteiger partial charge is 0.478 e. The average Bonchev–Trinajstić information content (AvgIpc) is 3.16. The molecule has 0 aromatic rings. The Morgan fingerprint density at radius 3 is 2.42 bits per heavy atom. The van der Waals surface area contributed by atoms with Gasteiger partial charge in [-0.2, -0.15) is 0 Å². The predicted octanol–water partition coefficient (Wildman–Crippen LogP) is 0.986. The number of carbonyl (C=O) groups excluding carboxylic acids is 2. The van der Waals surface area contributed by atoms with Crippen molar-refractivity contribution in [3.05, 3.63) is 12.2 Å². The molecule has 1 amide bonds. The van der Waals surface area contributed by atoms with Crippen LogP contribution in [0.5, 0.6) is 0 Å². The molecule has 2 rings (SSSR count). The minimum Gasteiger partial charge on any atom is -0.478 e. The fourth-order valence-corrected chi connectivity index (χ4v) is 2.59. The van der Waals surface area contributed by atoms with Crippen molar-refractivity contribution in [1.29, 1.82) is 0 Å². The van der Waals surface area contributed by atoms with Crippen molar-refractivity contribution in [2.75, 3.05) is 6.54 Å². The van der Waals surface area contributed by atoms with E-state index in [0.717, 1.165) is 18.9 Å². The zero-order valence-electron chi connectivity index (χ0n) is 14.4. The lowest BCUT2D eigenvalue weighted by Gasteiger charge is -2.41. The van der Waals surface area contributed by atoms with E-state index in [0.29, 0.717) is 25.3 Å². The molecule has 0 aromatic heterocycles. The Balaban J connectivity index is 2.05. The quantitative estimate of drug-likeness (QED) is 0.363. The van der Waals surface area contributed by atoms with Gasteiger partial charge in [0.1, 0.15) is 5.60 Å². The van der Waals surface area contributed by atoms with Gasteiger partial charge in [0.05, 0.1) is 0 Å². The van der Waals surface area contributed by atoms with Crippen LogP contribution >= 0.6 is 0 Å². The smallest absolute Gasteiger partial charge is 0.336 e. The summed E-state index contributed by atoms with van der Waals surface area (Å²) in [4.78, 5) is 35.8. The molecule has 2 fully saturated rings. The first-order valence-corrected chi connectivity index (χ1v) is 8.33. The van der Waals surface area contributed by atoms with E-state index in [4.69, 9.17) is 9.84 Å². The van der Waals surface area contributed by atoms with Gasteiger partial charge in [-0.1, -0.05) is 18.9 Å². The molecule has 1 heterocycles. The molecule has 7 nitrogen and oxygen atoms in total. The van der Waals surface area contributed by atoms with Crippen LogP contribution < -0.4 is 10.6 Å². The van der Waals surface area contributed by atoms with Crippen LogP contribution in [-0.4, -0.2) is 46.7 Å². The van der Waals surface area contributed by atoms with Gasteiger partial charge in [-0.05, 0) is 46.1 Å². The van der Waals surface area contributed by atoms with Crippen molar-refractivity contribution >= 4 is 17.8 Å². The van der Waals surface area contributed by atoms with Crippen molar-refractivity contribution in [3.63, 3.8) is 0 Å². The van der Waals surface area contributed by atoms with E-state index in [-0.39, 0.29) is 0 Å². The Morgan fingerprint density at radius 2 is 2.00 bits per heavy atom. The standard InChI is InChI=1S/C17H26N2O5/c1-16(2,3)24-15(23)17(8-9-18-17)14(22)19-12(6-7-13(20)21)10-11-4-5-11/h6-7,11-12,18H,4-5,8-10H2,1-3H3,(H,19,22)(H,20,21)/t12?,17-/m0/s1. The second-order valence-corrected chi connectivity index (χ2v) is 7.54. The third-order valence-electron chi connectivity index (χ3n) is 4.13. The van der Waals surface area contributed by atoms with Crippen molar-refractivity contribution in [1.82, 2.24) is 10.6 Å². The summed E-state index contributed by atoms with van der Waals surface area (Å²) in [5.74, 6) is -1.61. The number of hydrogen-bond acceptors (Lipinski definition) is 5. The lowest BCUT2D eigenvalue weighted by molar-refractivity contribution is -0.170. The van der Waals surface area contributed by atoms with E-state index >= 15 is 0 Å². The summed E-state index contributed by atoms with van der Waals surface area (Å²) in [7, 11) is 0. The molecule has 1 aliphatic carbocycles. The number of carboxylic acids is 1. The SMILES string of the molecule is CC(C)(C)OC(=O)[C@@]1(C(=O)NC(C=CC(=O)O)CC2CC2)CCN1. The summed E-state index contributed by atoms with van der Waals surface area (Å²) >= 11 is 0. The maximum Gasteiger partial charge on any atom is 0.336 e. The molecule has 0 bridgehead atoms. The number of ether oxygens (including phenoxy) is 1. The molecular weight excluding hydrogens is 312 g/mol. The monoisotopic (exact) mass is 338 g/mol. The van der Waals surface area contributed by atoms with Crippen molar-refractivity contribution in [2.45, 2.75) is 63.6 Å². The molecule has 1 saturated heterocycles. The number of esters is 1. The molecule has 0 spiro atoms. The van der Waals surface area contributed by atoms with Crippen LogP contribution in [0.15, 0.2) is 12.2 Å². The Morgan fingerprint density at radius 1 is 1.38 bits per heavy atom. The van der Waals surface area contributed by atoms with Gasteiger partial charge in [0.15, 0.2) is 5.54 Å². The number of carboxylic acid groups (broad SMARTS) is 1. The van der Waals surface area contributed by atoms with Crippen LogP contribution in [-0.2, 0) is 19.1 Å². The van der Waals surface area contributed by atoms with Crippen molar-refractivity contribution in [2.24, 2.45) is 5.92 Å². The first kappa shape index (κ1) is 18.4. The van der Waals surface area contributed by atoms with Crippen LogP contribution in [0.1, 0.15) is 46.5 Å². The Hall–Kier alpha value is -1.89. The summed E-state index contributed by atoms with van der Waals surface area (Å²) < 4.78 is 5.36. The highest BCUT2D eigenvalue weighted by molar-refractivity contribution is 6.08. The van der Waals surface area contributed by atoms with Gasteiger partial charge in [0.25, 0.3) is 5.91 Å². The lowest BCUT2D eigenvalue weighted by Crippen LogP contribution is -2.71. The molecule has 134 valence electrons. The van der Waals surface area contributed by atoms with E-state index in [9.17, 15) is 14.4 Å². The Kier molecular flexibility index (Phi) is 5.32. The third kappa shape index (κ3) is 4.80. The van der Waals surface area contributed by atoms with E-state index in [2.05, 4.69) is 10.6 Å². The molecular formula is C17H26N2O5. The van der Waals surface area contributed by atoms with Gasteiger partial charge >= 0.3 is 11.9 Å². The van der Waals surface area contributed by atoms with Crippen LogP contribution in [0.25, 0.3) is 0 Å². The maximum absolute atomic E-state index is 12.7. The van der Waals surface area contributed by atoms with Crippen LogP contribution in [0.4, 0.5) is 0 Å². The second-order valence-electron chi connectivity index (χ2n) is 7.54. The summed E-state index contributed by atoms with van der Waals surface area (Å²) in [6, 6.07) is -0.400. The van der Waals surface area contributed by atoms with Gasteiger partial charge < -0.3 is 15.2 Å². The fraction of sp³-hybridized carbons (Fsp3) is 0.706. The minimum atomic E-state index is -1.37. The molecule has 1 unspecified atom stereocenters. The molecule has 0 radical (unpaired) electrons. The highest BCUT2D eigenvalue weighted by Crippen LogP contribution is 2.34. The zero-order valence-corrected chi connectivity index (χ0v) is 14.4. The van der Waals surface area contributed by atoms with Gasteiger partial charge in [-0.3, -0.25) is 10.1 Å². The first-order chi connectivity index (χ1) is 11.1. The molecule has 1 aliphatic heterocycles. The second kappa shape index (κ2) is 6.93. The maximum atomic E-state index is 12.7. The highest BCUT2D eigenvalue weighted by Gasteiger charge is 2.53. The Labute approximate surface area is 141 Å². The first-order valence-electron chi connectivity index (χ1n) is 8.33. The van der Waals surface area contributed by atoms with Crippen LogP contribution in [0.3, 0.4) is 0 Å². The van der Waals surface area contributed by atoms with Crippen molar-refractivity contribution < 1.29 is 24.2 Å². The zero-order chi connectivity index (χ0) is 18.0. The van der Waals surface area contributed by atoms with Gasteiger partial charge in [0.2, 0.25) is 0 Å². The van der Waals surface area contributed by atoms with Gasteiger partial charge in [-0.25, -0.2) is 9.59 Å². The van der Waals surface area contributed by atoms with Crippen molar-refractivity contribution in [3.8, 4) is 0 Å². The third-order valence-corrected chi connectivity index (χ3v) is 4.13. The van der Waals surface area contributed by atoms with Crippen LogP contribution in [0.2, 0.25) is 0 Å². The summed E-state index contributed by atoms with van der Waals surface area (Å²) in [5.41, 5.74) is -2.05. The summed E-state index contributed by atoms with van der Waals surface area (Å²) in [6.07, 6.45) is 5.72. The molecule has 7 heteroatoms. The molecule has 0 aromatic carbocycles. The van der Waals surface area contributed by atoms with Crippen LogP contribution in [0, 0.1) is 5.92 Å². The van der Waals surface area contributed by atoms with E-state index in [1.165, 1.54) is 6.08 Å². The van der Waals surface area contributed by atoms with E-state index < -0.39 is 35.0 Å². The molecule has 2 aliphatic rings. The number of aliphatic carboxylic acids is 1. The van der Waals surface area contributed by atoms with E-state index in [1.807, 2.05) is 0 Å². The number of carbonyl (C=O) groups is 3. The van der Waals surface area contributed by atoms with Gasteiger partial charge in [0, 0.05) is 12.1 Å². The number of rotatable bonds is 7. The fourth-order valence-electron chi connectivity index (χ4n) is 2.59. The predicted molar refractivity (Wildman–Crippen MR) is 87.2 cm³/mol. The number of nitrogens with one attached hydrogen (secondary N) is 2. The number of amides is 1. The summed E-state index contributed by atoms with van der Waals surface area (Å²) in [5, 5.41) is 14.5. The minimum absolute atomic E-state index is 0.368. The highest BCUT2D eigenvalue weighted by atomic mass is 16.6. The normalized spacial score (nSPS) is 25.0. The van der Waals surface area contributed by atoms with Gasteiger partial charge in [-0.15, -0.1) is 0 Å². The van der Waals surface area contributed by atoms with E-state index in [1.54, 1.807) is 20.8 Å². The molecule has 3 N–H and O–H groups in total. The lowest BCUT2D eigenvalue weighted by atomic mass is 9.86. The summed E-state index contributed by atoms with van der Waals surface area (Å²) in [6.45, 7) is 5.81. The topological polar surface area (TPSA) is 105 Å². The Bertz CT molecular complexity index is 542. The molecule has 1 saturated carbocycles.